The Hall–Kier alpha value is -2.64. The van der Waals surface area contributed by atoms with Crippen LogP contribution in [0.1, 0.15) is 27.2 Å². The quantitative estimate of drug-likeness (QED) is 0.557. The van der Waals surface area contributed by atoms with Crippen molar-refractivity contribution in [2.75, 3.05) is 0 Å². The number of ether oxygens (including phenoxy) is 1. The zero-order chi connectivity index (χ0) is 17.6. The number of carboxylic acid groups (broad SMARTS) is 1. The molecule has 1 rings (SSSR count). The molecule has 3 unspecified atom stereocenters. The van der Waals surface area contributed by atoms with Gasteiger partial charge in [0.15, 0.2) is 11.9 Å². The van der Waals surface area contributed by atoms with Gasteiger partial charge in [0.1, 0.15) is 6.04 Å². The number of para-hydroxylation sites is 2. The minimum absolute atomic E-state index is 0.0458. The molecule has 1 aromatic carbocycles. The van der Waals surface area contributed by atoms with Gasteiger partial charge >= 0.3 is 11.7 Å². The average Bonchev–Trinajstić information content (AvgIpc) is 2.51. The number of benzene rings is 1. The summed E-state index contributed by atoms with van der Waals surface area (Å²) in [6.07, 6.45) is -0.488. The van der Waals surface area contributed by atoms with E-state index in [9.17, 15) is 19.7 Å². The SMILES string of the molecule is CCC(C)C(NC(=O)C(C)Oc1ccccc1[N+](=O)[O-])C(=O)O. The van der Waals surface area contributed by atoms with E-state index in [2.05, 4.69) is 5.32 Å². The molecule has 0 radical (unpaired) electrons. The van der Waals surface area contributed by atoms with Gasteiger partial charge in [-0.2, -0.15) is 0 Å². The maximum atomic E-state index is 12.1. The topological polar surface area (TPSA) is 119 Å². The number of hydrogen-bond acceptors (Lipinski definition) is 5. The van der Waals surface area contributed by atoms with Crippen molar-refractivity contribution in [3.05, 3.63) is 34.4 Å². The number of carbonyl (C=O) groups is 2. The van der Waals surface area contributed by atoms with E-state index in [1.54, 1.807) is 13.0 Å². The van der Waals surface area contributed by atoms with Crippen LogP contribution in [0.5, 0.6) is 5.75 Å². The van der Waals surface area contributed by atoms with E-state index in [0.29, 0.717) is 6.42 Å². The van der Waals surface area contributed by atoms with Crippen LogP contribution in [-0.4, -0.2) is 34.1 Å². The minimum atomic E-state index is -1.13. The van der Waals surface area contributed by atoms with Crippen molar-refractivity contribution in [2.24, 2.45) is 5.92 Å². The summed E-state index contributed by atoms with van der Waals surface area (Å²) in [4.78, 5) is 33.6. The number of hydrogen-bond donors (Lipinski definition) is 2. The van der Waals surface area contributed by atoms with Gasteiger partial charge in [0.05, 0.1) is 4.92 Å². The van der Waals surface area contributed by atoms with E-state index in [4.69, 9.17) is 9.84 Å². The standard InChI is InChI=1S/C15H20N2O6/c1-4-9(2)13(15(19)20)16-14(18)10(3)23-12-8-6-5-7-11(12)17(21)22/h5-10,13H,4H2,1-3H3,(H,16,18)(H,19,20). The summed E-state index contributed by atoms with van der Waals surface area (Å²) in [5.41, 5.74) is -0.260. The van der Waals surface area contributed by atoms with E-state index in [1.165, 1.54) is 25.1 Å². The highest BCUT2D eigenvalue weighted by atomic mass is 16.6. The van der Waals surface area contributed by atoms with Gasteiger partial charge in [0, 0.05) is 6.07 Å². The molecule has 0 saturated heterocycles. The van der Waals surface area contributed by atoms with E-state index < -0.39 is 28.9 Å². The number of rotatable bonds is 8. The molecular formula is C15H20N2O6. The number of aliphatic carboxylic acids is 1. The number of amides is 1. The van der Waals surface area contributed by atoms with Crippen LogP contribution in [0.4, 0.5) is 5.69 Å². The molecule has 1 aromatic rings. The highest BCUT2D eigenvalue weighted by Gasteiger charge is 2.28. The molecule has 0 aliphatic carbocycles. The van der Waals surface area contributed by atoms with Crippen LogP contribution < -0.4 is 10.1 Å². The molecule has 8 heteroatoms. The third-order valence-electron chi connectivity index (χ3n) is 3.51. The molecule has 0 aromatic heterocycles. The summed E-state index contributed by atoms with van der Waals surface area (Å²) in [6.45, 7) is 4.94. The number of carboxylic acids is 1. The van der Waals surface area contributed by atoms with Crippen molar-refractivity contribution in [1.29, 1.82) is 0 Å². The lowest BCUT2D eigenvalue weighted by atomic mass is 9.99. The molecule has 0 heterocycles. The minimum Gasteiger partial charge on any atom is -0.480 e. The van der Waals surface area contributed by atoms with Crippen LogP contribution in [0.25, 0.3) is 0 Å². The maximum absolute atomic E-state index is 12.1. The van der Waals surface area contributed by atoms with Crippen molar-refractivity contribution in [3.8, 4) is 5.75 Å². The first-order valence-electron chi connectivity index (χ1n) is 7.21. The van der Waals surface area contributed by atoms with E-state index >= 15 is 0 Å². The van der Waals surface area contributed by atoms with Crippen LogP contribution in [0.2, 0.25) is 0 Å². The third kappa shape index (κ3) is 4.94. The van der Waals surface area contributed by atoms with Gasteiger partial charge in [-0.25, -0.2) is 4.79 Å². The zero-order valence-electron chi connectivity index (χ0n) is 13.2. The lowest BCUT2D eigenvalue weighted by Crippen LogP contribution is -2.49. The maximum Gasteiger partial charge on any atom is 0.326 e. The first-order chi connectivity index (χ1) is 10.8. The average molecular weight is 324 g/mol. The normalized spacial score (nSPS) is 14.4. The summed E-state index contributed by atoms with van der Waals surface area (Å²) in [7, 11) is 0. The van der Waals surface area contributed by atoms with E-state index in [-0.39, 0.29) is 17.4 Å². The number of nitrogens with one attached hydrogen (secondary N) is 1. The molecule has 0 aliphatic heterocycles. The first kappa shape index (κ1) is 18.4. The number of nitro groups is 1. The Kier molecular flexibility index (Phi) is 6.49. The van der Waals surface area contributed by atoms with E-state index in [1.807, 2.05) is 6.92 Å². The predicted octanol–water partition coefficient (Wildman–Crippen LogP) is 1.98. The second kappa shape index (κ2) is 8.11. The Bertz CT molecular complexity index is 589. The lowest BCUT2D eigenvalue weighted by molar-refractivity contribution is -0.386. The monoisotopic (exact) mass is 324 g/mol. The third-order valence-corrected chi connectivity index (χ3v) is 3.51. The molecule has 0 aliphatic rings. The van der Waals surface area contributed by atoms with Crippen molar-refractivity contribution in [3.63, 3.8) is 0 Å². The second-order valence-electron chi connectivity index (χ2n) is 5.19. The predicted molar refractivity (Wildman–Crippen MR) is 82.2 cm³/mol. The van der Waals surface area contributed by atoms with Gasteiger partial charge in [0.25, 0.3) is 5.91 Å². The second-order valence-corrected chi connectivity index (χ2v) is 5.19. The number of nitro benzene ring substituents is 1. The fourth-order valence-corrected chi connectivity index (χ4v) is 1.91. The van der Waals surface area contributed by atoms with Crippen LogP contribution in [0.3, 0.4) is 0 Å². The molecule has 23 heavy (non-hydrogen) atoms. The van der Waals surface area contributed by atoms with Gasteiger partial charge in [-0.05, 0) is 18.9 Å². The Morgan fingerprint density at radius 3 is 2.48 bits per heavy atom. The van der Waals surface area contributed by atoms with Crippen molar-refractivity contribution < 1.29 is 24.4 Å². The summed E-state index contributed by atoms with van der Waals surface area (Å²) >= 11 is 0. The van der Waals surface area contributed by atoms with Gasteiger partial charge in [-0.1, -0.05) is 32.4 Å². The molecule has 0 fully saturated rings. The molecular weight excluding hydrogens is 304 g/mol. The Balaban J connectivity index is 2.81. The molecule has 126 valence electrons. The largest absolute Gasteiger partial charge is 0.480 e. The van der Waals surface area contributed by atoms with Crippen molar-refractivity contribution in [2.45, 2.75) is 39.3 Å². The molecule has 3 atom stereocenters. The van der Waals surface area contributed by atoms with E-state index in [0.717, 1.165) is 0 Å². The first-order valence-corrected chi connectivity index (χ1v) is 7.21. The molecule has 8 nitrogen and oxygen atoms in total. The fraction of sp³-hybridized carbons (Fsp3) is 0.467. The van der Waals surface area contributed by atoms with Gasteiger partial charge in [-0.3, -0.25) is 14.9 Å². The smallest absolute Gasteiger partial charge is 0.326 e. The Morgan fingerprint density at radius 1 is 1.35 bits per heavy atom. The zero-order valence-corrected chi connectivity index (χ0v) is 13.2. The van der Waals surface area contributed by atoms with Crippen LogP contribution in [-0.2, 0) is 9.59 Å². The highest BCUT2D eigenvalue weighted by Crippen LogP contribution is 2.26. The molecule has 0 bridgehead atoms. The highest BCUT2D eigenvalue weighted by molar-refractivity contribution is 5.86. The summed E-state index contributed by atoms with van der Waals surface area (Å²) < 4.78 is 5.32. The van der Waals surface area contributed by atoms with Gasteiger partial charge in [0.2, 0.25) is 0 Å². The van der Waals surface area contributed by atoms with Crippen molar-refractivity contribution in [1.82, 2.24) is 5.32 Å². The lowest BCUT2D eigenvalue weighted by Gasteiger charge is -2.22. The van der Waals surface area contributed by atoms with Gasteiger partial charge in [-0.15, -0.1) is 0 Å². The number of carbonyl (C=O) groups excluding carboxylic acids is 1. The van der Waals surface area contributed by atoms with Gasteiger partial charge < -0.3 is 15.2 Å². The summed E-state index contributed by atoms with van der Waals surface area (Å²) in [5, 5.41) is 22.5. The van der Waals surface area contributed by atoms with Crippen LogP contribution in [0.15, 0.2) is 24.3 Å². The molecule has 2 N–H and O–H groups in total. The molecule has 0 saturated carbocycles. The van der Waals surface area contributed by atoms with Crippen LogP contribution in [0, 0.1) is 16.0 Å². The number of nitrogens with zero attached hydrogens (tertiary/aromatic N) is 1. The summed E-state index contributed by atoms with van der Waals surface area (Å²) in [6, 6.07) is 4.64. The summed E-state index contributed by atoms with van der Waals surface area (Å²) in [5.74, 6) is -2.08. The van der Waals surface area contributed by atoms with Crippen LogP contribution >= 0.6 is 0 Å². The molecule has 0 spiro atoms. The van der Waals surface area contributed by atoms with Crippen molar-refractivity contribution >= 4 is 17.6 Å². The Morgan fingerprint density at radius 2 is 1.96 bits per heavy atom. The fourth-order valence-electron chi connectivity index (χ4n) is 1.91. The molecule has 1 amide bonds. The Labute approximate surface area is 133 Å².